The molecule has 0 bridgehead atoms. The van der Waals surface area contributed by atoms with E-state index in [2.05, 4.69) is 93.5 Å². The minimum absolute atomic E-state index is 0.916. The number of benzene rings is 3. The first-order valence-corrected chi connectivity index (χ1v) is 11.7. The van der Waals surface area contributed by atoms with E-state index in [-0.39, 0.29) is 0 Å². The summed E-state index contributed by atoms with van der Waals surface area (Å²) in [4.78, 5) is 8.74. The van der Waals surface area contributed by atoms with E-state index in [9.17, 15) is 0 Å². The van der Waals surface area contributed by atoms with Crippen LogP contribution in [0.15, 0.2) is 78.9 Å². The standard InChI is InChI=1S/C26H24N4S/c1-2-6-19(7-3-1)20-10-12-21(13-11-20)25-23(18-29-16-14-27-15-17-29)30-22-8-4-5-9-24(22)31-26(30)28-25/h1-13,27H,14-18H2. The van der Waals surface area contributed by atoms with Gasteiger partial charge >= 0.3 is 0 Å². The summed E-state index contributed by atoms with van der Waals surface area (Å²) in [5.74, 6) is 0. The predicted molar refractivity (Wildman–Crippen MR) is 130 cm³/mol. The number of hydrogen-bond donors (Lipinski definition) is 1. The molecule has 1 fully saturated rings. The molecule has 31 heavy (non-hydrogen) atoms. The Balaban J connectivity index is 1.46. The van der Waals surface area contributed by atoms with E-state index in [4.69, 9.17) is 4.98 Å². The molecule has 2 aromatic heterocycles. The lowest BCUT2D eigenvalue weighted by molar-refractivity contribution is 0.231. The highest BCUT2D eigenvalue weighted by Gasteiger charge is 2.21. The molecule has 0 spiro atoms. The number of thiazole rings is 1. The van der Waals surface area contributed by atoms with Crippen molar-refractivity contribution in [3.63, 3.8) is 0 Å². The molecule has 154 valence electrons. The maximum atomic E-state index is 5.13. The fraction of sp³-hybridized carbons (Fsp3) is 0.192. The molecule has 0 aliphatic carbocycles. The highest BCUT2D eigenvalue weighted by molar-refractivity contribution is 7.23. The number of imidazole rings is 1. The van der Waals surface area contributed by atoms with Gasteiger partial charge in [0, 0.05) is 38.3 Å². The van der Waals surface area contributed by atoms with Crippen LogP contribution >= 0.6 is 11.3 Å². The lowest BCUT2D eigenvalue weighted by Gasteiger charge is -2.27. The van der Waals surface area contributed by atoms with Gasteiger partial charge in [-0.15, -0.1) is 0 Å². The fourth-order valence-electron chi connectivity index (χ4n) is 4.48. The number of piperazine rings is 1. The summed E-state index contributed by atoms with van der Waals surface area (Å²) >= 11 is 1.77. The van der Waals surface area contributed by atoms with Crippen LogP contribution in [0.1, 0.15) is 5.69 Å². The number of para-hydroxylation sites is 1. The maximum absolute atomic E-state index is 5.13. The largest absolute Gasteiger partial charge is 0.314 e. The Morgan fingerprint density at radius 1 is 0.774 bits per heavy atom. The molecule has 3 aromatic carbocycles. The Morgan fingerprint density at radius 3 is 2.26 bits per heavy atom. The van der Waals surface area contributed by atoms with E-state index in [0.717, 1.165) is 43.4 Å². The molecule has 1 N–H and O–H groups in total. The Hall–Kier alpha value is -2.99. The van der Waals surface area contributed by atoms with Gasteiger partial charge in [0.15, 0.2) is 4.96 Å². The lowest BCUT2D eigenvalue weighted by Crippen LogP contribution is -2.43. The van der Waals surface area contributed by atoms with Gasteiger partial charge in [0.05, 0.1) is 21.6 Å². The smallest absolute Gasteiger partial charge is 0.195 e. The molecule has 0 unspecified atom stereocenters. The average molecular weight is 425 g/mol. The van der Waals surface area contributed by atoms with Gasteiger partial charge in [0.25, 0.3) is 0 Å². The van der Waals surface area contributed by atoms with Gasteiger partial charge in [-0.1, -0.05) is 78.1 Å². The molecule has 1 saturated heterocycles. The maximum Gasteiger partial charge on any atom is 0.195 e. The molecule has 0 saturated carbocycles. The van der Waals surface area contributed by atoms with Crippen molar-refractivity contribution in [3.8, 4) is 22.4 Å². The summed E-state index contributed by atoms with van der Waals surface area (Å²) in [5, 5.41) is 3.46. The zero-order valence-corrected chi connectivity index (χ0v) is 18.1. The number of nitrogens with one attached hydrogen (secondary N) is 1. The van der Waals surface area contributed by atoms with Crippen LogP contribution in [0.25, 0.3) is 37.6 Å². The van der Waals surface area contributed by atoms with Crippen molar-refractivity contribution < 1.29 is 0 Å². The van der Waals surface area contributed by atoms with Gasteiger partial charge in [-0.3, -0.25) is 9.30 Å². The molecule has 5 aromatic rings. The third-order valence-corrected chi connectivity index (χ3v) is 7.12. The van der Waals surface area contributed by atoms with Crippen LogP contribution in [0.3, 0.4) is 0 Å². The van der Waals surface area contributed by atoms with Crippen LogP contribution < -0.4 is 5.32 Å². The number of aromatic nitrogens is 2. The number of fused-ring (bicyclic) bond motifs is 3. The molecule has 0 radical (unpaired) electrons. The van der Waals surface area contributed by atoms with Crippen molar-refractivity contribution in [1.82, 2.24) is 19.6 Å². The van der Waals surface area contributed by atoms with Crippen LogP contribution in [0.5, 0.6) is 0 Å². The predicted octanol–water partition coefficient (Wildman–Crippen LogP) is 5.29. The minimum atomic E-state index is 0.916. The fourth-order valence-corrected chi connectivity index (χ4v) is 5.53. The Kier molecular flexibility index (Phi) is 4.80. The third-order valence-electron chi connectivity index (χ3n) is 6.10. The topological polar surface area (TPSA) is 32.6 Å². The second-order valence-electron chi connectivity index (χ2n) is 8.06. The summed E-state index contributed by atoms with van der Waals surface area (Å²) in [7, 11) is 0. The zero-order valence-electron chi connectivity index (χ0n) is 17.3. The van der Waals surface area contributed by atoms with Crippen LogP contribution in [-0.4, -0.2) is 40.5 Å². The highest BCUT2D eigenvalue weighted by atomic mass is 32.1. The van der Waals surface area contributed by atoms with Crippen molar-refractivity contribution in [3.05, 3.63) is 84.6 Å². The van der Waals surface area contributed by atoms with E-state index in [1.807, 2.05) is 0 Å². The van der Waals surface area contributed by atoms with E-state index < -0.39 is 0 Å². The Bertz CT molecular complexity index is 1330. The van der Waals surface area contributed by atoms with Crippen LogP contribution in [0, 0.1) is 0 Å². The number of rotatable bonds is 4. The van der Waals surface area contributed by atoms with Crippen molar-refractivity contribution in [2.45, 2.75) is 6.54 Å². The summed E-state index contributed by atoms with van der Waals surface area (Å²) < 4.78 is 3.67. The first kappa shape index (κ1) is 18.8. The molecule has 0 amide bonds. The summed E-state index contributed by atoms with van der Waals surface area (Å²) in [6.07, 6.45) is 0. The van der Waals surface area contributed by atoms with Gasteiger partial charge in [-0.25, -0.2) is 4.98 Å². The van der Waals surface area contributed by atoms with E-state index >= 15 is 0 Å². The van der Waals surface area contributed by atoms with Crippen molar-refractivity contribution in [2.75, 3.05) is 26.2 Å². The van der Waals surface area contributed by atoms with E-state index in [0.29, 0.717) is 0 Å². The van der Waals surface area contributed by atoms with Crippen LogP contribution in [0.4, 0.5) is 0 Å². The van der Waals surface area contributed by atoms with Gasteiger partial charge in [0.1, 0.15) is 0 Å². The molecule has 3 heterocycles. The molecule has 0 atom stereocenters. The van der Waals surface area contributed by atoms with Gasteiger partial charge < -0.3 is 5.32 Å². The lowest BCUT2D eigenvalue weighted by atomic mass is 10.0. The molecule has 1 aliphatic rings. The third kappa shape index (κ3) is 3.45. The minimum Gasteiger partial charge on any atom is -0.314 e. The normalized spacial score (nSPS) is 15.1. The second kappa shape index (κ2) is 7.93. The summed E-state index contributed by atoms with van der Waals surface area (Å²) in [6.45, 7) is 5.16. The van der Waals surface area contributed by atoms with Crippen molar-refractivity contribution in [1.29, 1.82) is 0 Å². The first-order valence-electron chi connectivity index (χ1n) is 10.8. The monoisotopic (exact) mass is 424 g/mol. The number of hydrogen-bond acceptors (Lipinski definition) is 4. The molecular weight excluding hydrogens is 400 g/mol. The van der Waals surface area contributed by atoms with Gasteiger partial charge in [-0.05, 0) is 23.3 Å². The van der Waals surface area contributed by atoms with Crippen molar-refractivity contribution in [2.24, 2.45) is 0 Å². The quantitative estimate of drug-likeness (QED) is 0.426. The molecule has 5 heteroatoms. The number of nitrogens with zero attached hydrogens (tertiary/aromatic N) is 3. The Morgan fingerprint density at radius 2 is 1.45 bits per heavy atom. The molecular formula is C26H24N4S. The van der Waals surface area contributed by atoms with Gasteiger partial charge in [0.2, 0.25) is 0 Å². The van der Waals surface area contributed by atoms with Crippen LogP contribution in [-0.2, 0) is 6.54 Å². The SMILES string of the molecule is c1ccc(-c2ccc(-c3nc4sc5ccccc5n4c3CN3CCNCC3)cc2)cc1. The summed E-state index contributed by atoms with van der Waals surface area (Å²) in [5.41, 5.74) is 7.32. The first-order chi connectivity index (χ1) is 15.4. The van der Waals surface area contributed by atoms with Gasteiger partial charge in [-0.2, -0.15) is 0 Å². The second-order valence-corrected chi connectivity index (χ2v) is 9.07. The Labute approximate surface area is 185 Å². The average Bonchev–Trinajstić information content (AvgIpc) is 3.37. The highest BCUT2D eigenvalue weighted by Crippen LogP contribution is 2.34. The summed E-state index contributed by atoms with van der Waals surface area (Å²) in [6, 6.07) is 28.0. The van der Waals surface area contributed by atoms with E-state index in [1.165, 1.54) is 32.6 Å². The van der Waals surface area contributed by atoms with Crippen LogP contribution in [0.2, 0.25) is 0 Å². The van der Waals surface area contributed by atoms with E-state index in [1.54, 1.807) is 11.3 Å². The molecule has 4 nitrogen and oxygen atoms in total. The molecule has 1 aliphatic heterocycles. The zero-order chi connectivity index (χ0) is 20.6. The molecule has 6 rings (SSSR count). The van der Waals surface area contributed by atoms with Crippen molar-refractivity contribution >= 4 is 26.5 Å².